The normalized spacial score (nSPS) is 56.5. The lowest BCUT2D eigenvalue weighted by Crippen LogP contribution is -2.54. The standard InChI is InChI=1S/C21H34/c1-14-13-16-18-9-8-15(2)20(18,3)12-10-19(16)21(4)11-6-5-7-17(14)21/h14,16-19H,2,5-13H2,1,3-4H3. The van der Waals surface area contributed by atoms with E-state index >= 15 is 0 Å². The Morgan fingerprint density at radius 2 is 1.76 bits per heavy atom. The van der Waals surface area contributed by atoms with E-state index in [2.05, 4.69) is 27.4 Å². The van der Waals surface area contributed by atoms with Crippen molar-refractivity contribution in [3.05, 3.63) is 12.2 Å². The topological polar surface area (TPSA) is 0 Å². The summed E-state index contributed by atoms with van der Waals surface area (Å²) in [4.78, 5) is 0. The lowest BCUT2D eigenvalue weighted by molar-refractivity contribution is -0.120. The monoisotopic (exact) mass is 286 g/mol. The SMILES string of the molecule is C=C1CCC2C3CC(C)C4CCCCC4(C)C3CCC12C. The van der Waals surface area contributed by atoms with Gasteiger partial charge in [0.05, 0.1) is 0 Å². The fraction of sp³-hybridized carbons (Fsp3) is 0.905. The first-order chi connectivity index (χ1) is 9.97. The molecule has 0 spiro atoms. The van der Waals surface area contributed by atoms with Gasteiger partial charge in [0, 0.05) is 0 Å². The van der Waals surface area contributed by atoms with Gasteiger partial charge in [-0.15, -0.1) is 0 Å². The third kappa shape index (κ3) is 1.80. The second-order valence-electron chi connectivity index (χ2n) is 9.55. The van der Waals surface area contributed by atoms with Crippen molar-refractivity contribution in [1.29, 1.82) is 0 Å². The summed E-state index contributed by atoms with van der Waals surface area (Å²) >= 11 is 0. The van der Waals surface area contributed by atoms with Gasteiger partial charge in [0.2, 0.25) is 0 Å². The van der Waals surface area contributed by atoms with Crippen LogP contribution < -0.4 is 0 Å². The average molecular weight is 287 g/mol. The van der Waals surface area contributed by atoms with E-state index < -0.39 is 0 Å². The van der Waals surface area contributed by atoms with Gasteiger partial charge in [0.1, 0.15) is 0 Å². The summed E-state index contributed by atoms with van der Waals surface area (Å²) in [6.07, 6.45) is 13.3. The first-order valence-electron chi connectivity index (χ1n) is 9.65. The quantitative estimate of drug-likeness (QED) is 0.464. The molecule has 0 aromatic carbocycles. The van der Waals surface area contributed by atoms with E-state index in [1.165, 1.54) is 57.8 Å². The lowest BCUT2D eigenvalue weighted by Gasteiger charge is -2.62. The minimum absolute atomic E-state index is 0.499. The van der Waals surface area contributed by atoms with E-state index in [-0.39, 0.29) is 0 Å². The van der Waals surface area contributed by atoms with Gasteiger partial charge in [0.25, 0.3) is 0 Å². The molecule has 0 saturated heterocycles. The molecule has 0 amide bonds. The number of hydrogen-bond donors (Lipinski definition) is 0. The Labute approximate surface area is 131 Å². The molecular weight excluding hydrogens is 252 g/mol. The van der Waals surface area contributed by atoms with Crippen LogP contribution in [0.25, 0.3) is 0 Å². The van der Waals surface area contributed by atoms with Gasteiger partial charge in [-0.3, -0.25) is 0 Å². The fourth-order valence-electron chi connectivity index (χ4n) is 7.72. The zero-order valence-electron chi connectivity index (χ0n) is 14.5. The summed E-state index contributed by atoms with van der Waals surface area (Å²) in [7, 11) is 0. The van der Waals surface area contributed by atoms with Gasteiger partial charge in [0.15, 0.2) is 0 Å². The summed E-state index contributed by atoms with van der Waals surface area (Å²) in [6, 6.07) is 0. The molecule has 0 aromatic rings. The van der Waals surface area contributed by atoms with Gasteiger partial charge in [-0.1, -0.05) is 45.8 Å². The van der Waals surface area contributed by atoms with E-state index in [0.29, 0.717) is 10.8 Å². The molecule has 0 bridgehead atoms. The summed E-state index contributed by atoms with van der Waals surface area (Å²) in [5.41, 5.74) is 2.76. The number of hydrogen-bond acceptors (Lipinski definition) is 0. The third-order valence-electron chi connectivity index (χ3n) is 8.90. The molecule has 118 valence electrons. The maximum atomic E-state index is 4.47. The minimum Gasteiger partial charge on any atom is -0.0993 e. The Bertz CT molecular complexity index is 449. The van der Waals surface area contributed by atoms with Crippen LogP contribution in [0.15, 0.2) is 12.2 Å². The first-order valence-corrected chi connectivity index (χ1v) is 9.65. The molecule has 21 heavy (non-hydrogen) atoms. The summed E-state index contributed by atoms with van der Waals surface area (Å²) in [6.45, 7) is 12.3. The Morgan fingerprint density at radius 1 is 0.952 bits per heavy atom. The Balaban J connectivity index is 1.69. The predicted molar refractivity (Wildman–Crippen MR) is 90.0 cm³/mol. The fourth-order valence-corrected chi connectivity index (χ4v) is 7.72. The van der Waals surface area contributed by atoms with E-state index in [1.54, 1.807) is 5.57 Å². The molecule has 0 N–H and O–H groups in total. The van der Waals surface area contributed by atoms with E-state index in [0.717, 1.165) is 29.6 Å². The highest BCUT2D eigenvalue weighted by Crippen LogP contribution is 2.68. The zero-order chi connectivity index (χ0) is 14.8. The van der Waals surface area contributed by atoms with Crippen molar-refractivity contribution in [3.8, 4) is 0 Å². The molecule has 7 unspecified atom stereocenters. The molecule has 0 radical (unpaired) electrons. The smallest absolute Gasteiger partial charge is 0.00879 e. The minimum atomic E-state index is 0.499. The van der Waals surface area contributed by atoms with Crippen LogP contribution in [0.1, 0.15) is 78.6 Å². The largest absolute Gasteiger partial charge is 0.0993 e. The summed E-state index contributed by atoms with van der Waals surface area (Å²) in [5.74, 6) is 5.00. The maximum Gasteiger partial charge on any atom is -0.00879 e. The predicted octanol–water partition coefficient (Wildman–Crippen LogP) is 6.22. The molecule has 7 atom stereocenters. The summed E-state index contributed by atoms with van der Waals surface area (Å²) in [5, 5.41) is 0. The zero-order valence-corrected chi connectivity index (χ0v) is 14.5. The van der Waals surface area contributed by atoms with Crippen LogP contribution in [-0.4, -0.2) is 0 Å². The van der Waals surface area contributed by atoms with Crippen LogP contribution in [-0.2, 0) is 0 Å². The highest BCUT2D eigenvalue weighted by Gasteiger charge is 2.59. The van der Waals surface area contributed by atoms with Gasteiger partial charge >= 0.3 is 0 Å². The first kappa shape index (κ1) is 14.3. The van der Waals surface area contributed by atoms with Gasteiger partial charge < -0.3 is 0 Å². The van der Waals surface area contributed by atoms with E-state index in [4.69, 9.17) is 0 Å². The van der Waals surface area contributed by atoms with Crippen LogP contribution >= 0.6 is 0 Å². The second-order valence-corrected chi connectivity index (χ2v) is 9.55. The van der Waals surface area contributed by atoms with Crippen LogP contribution in [0.4, 0.5) is 0 Å². The van der Waals surface area contributed by atoms with Gasteiger partial charge in [-0.25, -0.2) is 0 Å². The highest BCUT2D eigenvalue weighted by molar-refractivity contribution is 5.21. The third-order valence-corrected chi connectivity index (χ3v) is 8.90. The van der Waals surface area contributed by atoms with Crippen molar-refractivity contribution in [2.75, 3.05) is 0 Å². The van der Waals surface area contributed by atoms with Gasteiger partial charge in [-0.05, 0) is 85.4 Å². The Morgan fingerprint density at radius 3 is 2.57 bits per heavy atom. The highest BCUT2D eigenvalue weighted by atomic mass is 14.6. The molecule has 0 aliphatic heterocycles. The van der Waals surface area contributed by atoms with Crippen molar-refractivity contribution in [3.63, 3.8) is 0 Å². The summed E-state index contributed by atoms with van der Waals surface area (Å²) < 4.78 is 0. The molecule has 0 nitrogen and oxygen atoms in total. The molecule has 4 rings (SSSR count). The number of allylic oxidation sites excluding steroid dienone is 1. The van der Waals surface area contributed by atoms with Crippen LogP contribution in [0.5, 0.6) is 0 Å². The van der Waals surface area contributed by atoms with E-state index in [1.807, 2.05) is 0 Å². The number of fused-ring (bicyclic) bond motifs is 5. The van der Waals surface area contributed by atoms with Crippen molar-refractivity contribution >= 4 is 0 Å². The van der Waals surface area contributed by atoms with Crippen molar-refractivity contribution in [2.45, 2.75) is 78.6 Å². The molecule has 4 aliphatic rings. The molecule has 0 heterocycles. The molecular formula is C21H34. The van der Waals surface area contributed by atoms with Crippen LogP contribution in [0.3, 0.4) is 0 Å². The van der Waals surface area contributed by atoms with Crippen LogP contribution in [0.2, 0.25) is 0 Å². The molecule has 0 heteroatoms. The van der Waals surface area contributed by atoms with E-state index in [9.17, 15) is 0 Å². The second kappa shape index (κ2) is 4.62. The Kier molecular flexibility index (Phi) is 3.15. The average Bonchev–Trinajstić information content (AvgIpc) is 2.75. The molecule has 4 fully saturated rings. The van der Waals surface area contributed by atoms with Crippen molar-refractivity contribution in [1.82, 2.24) is 0 Å². The Hall–Kier alpha value is -0.260. The molecule has 4 saturated carbocycles. The van der Waals surface area contributed by atoms with Gasteiger partial charge in [-0.2, -0.15) is 0 Å². The molecule has 4 aliphatic carbocycles. The van der Waals surface area contributed by atoms with Crippen molar-refractivity contribution in [2.24, 2.45) is 40.4 Å². The molecule has 0 aromatic heterocycles. The lowest BCUT2D eigenvalue weighted by atomic mass is 9.43. The maximum absolute atomic E-state index is 4.47. The van der Waals surface area contributed by atoms with Crippen molar-refractivity contribution < 1.29 is 0 Å². The number of rotatable bonds is 0. The van der Waals surface area contributed by atoms with Crippen LogP contribution in [0, 0.1) is 40.4 Å².